The number of halogens is 2. The summed E-state index contributed by atoms with van der Waals surface area (Å²) in [6, 6.07) is 0. The van der Waals surface area contributed by atoms with Crippen molar-refractivity contribution in [2.45, 2.75) is 31.8 Å². The molecule has 0 aromatic carbocycles. The van der Waals surface area contributed by atoms with Crippen LogP contribution < -0.4 is 0 Å². The van der Waals surface area contributed by atoms with Crippen LogP contribution in [0.5, 0.6) is 0 Å². The summed E-state index contributed by atoms with van der Waals surface area (Å²) in [4.78, 5) is 10.8. The number of aliphatic hydroxyl groups is 1. The molecule has 0 aromatic rings. The SMILES string of the molecule is CCOC(=O)C(O)CC1CC1(F)F. The van der Waals surface area contributed by atoms with Gasteiger partial charge in [0, 0.05) is 12.3 Å². The Labute approximate surface area is 74.7 Å². The molecule has 13 heavy (non-hydrogen) atoms. The first kappa shape index (κ1) is 10.4. The molecule has 0 amide bonds. The van der Waals surface area contributed by atoms with Gasteiger partial charge >= 0.3 is 5.97 Å². The van der Waals surface area contributed by atoms with Crippen molar-refractivity contribution < 1.29 is 23.4 Å². The molecule has 2 unspecified atom stereocenters. The lowest BCUT2D eigenvalue weighted by Crippen LogP contribution is -2.24. The van der Waals surface area contributed by atoms with Crippen LogP contribution in [-0.2, 0) is 9.53 Å². The van der Waals surface area contributed by atoms with Gasteiger partial charge in [0.1, 0.15) is 0 Å². The minimum Gasteiger partial charge on any atom is -0.464 e. The van der Waals surface area contributed by atoms with Gasteiger partial charge in [0.2, 0.25) is 0 Å². The average molecular weight is 194 g/mol. The lowest BCUT2D eigenvalue weighted by molar-refractivity contribution is -0.153. The Morgan fingerprint density at radius 2 is 2.31 bits per heavy atom. The van der Waals surface area contributed by atoms with Crippen LogP contribution in [0.3, 0.4) is 0 Å². The van der Waals surface area contributed by atoms with E-state index < -0.39 is 23.9 Å². The Kier molecular flexibility index (Phi) is 2.85. The van der Waals surface area contributed by atoms with Crippen LogP contribution in [0.1, 0.15) is 19.8 Å². The van der Waals surface area contributed by atoms with Gasteiger partial charge in [-0.25, -0.2) is 13.6 Å². The van der Waals surface area contributed by atoms with Gasteiger partial charge in [-0.3, -0.25) is 0 Å². The van der Waals surface area contributed by atoms with E-state index in [9.17, 15) is 13.6 Å². The van der Waals surface area contributed by atoms with Gasteiger partial charge in [0.05, 0.1) is 6.61 Å². The summed E-state index contributed by atoms with van der Waals surface area (Å²) in [5.74, 6) is -4.36. The number of carbonyl (C=O) groups excluding carboxylic acids is 1. The number of alkyl halides is 2. The van der Waals surface area contributed by atoms with Crippen molar-refractivity contribution in [3.05, 3.63) is 0 Å². The Morgan fingerprint density at radius 1 is 1.77 bits per heavy atom. The molecule has 0 aliphatic heterocycles. The minimum absolute atomic E-state index is 0.150. The van der Waals surface area contributed by atoms with Crippen molar-refractivity contribution in [3.63, 3.8) is 0 Å². The summed E-state index contributed by atoms with van der Waals surface area (Å²) < 4.78 is 29.2. The fourth-order valence-corrected chi connectivity index (χ4v) is 1.13. The molecule has 1 rings (SSSR count). The summed E-state index contributed by atoms with van der Waals surface area (Å²) >= 11 is 0. The molecule has 0 bridgehead atoms. The first-order valence-corrected chi connectivity index (χ1v) is 4.20. The Hall–Kier alpha value is -0.710. The van der Waals surface area contributed by atoms with Gasteiger partial charge in [0.15, 0.2) is 6.10 Å². The number of hydrogen-bond acceptors (Lipinski definition) is 3. The summed E-state index contributed by atoms with van der Waals surface area (Å²) in [5, 5.41) is 9.08. The molecule has 3 nitrogen and oxygen atoms in total. The molecule has 5 heteroatoms. The van der Waals surface area contributed by atoms with Gasteiger partial charge in [-0.2, -0.15) is 0 Å². The summed E-state index contributed by atoms with van der Waals surface area (Å²) in [5.41, 5.74) is 0. The zero-order chi connectivity index (χ0) is 10.1. The second-order valence-corrected chi connectivity index (χ2v) is 3.17. The van der Waals surface area contributed by atoms with Crippen molar-refractivity contribution in [1.29, 1.82) is 0 Å². The second kappa shape index (κ2) is 3.57. The van der Waals surface area contributed by atoms with Crippen molar-refractivity contribution in [2.24, 2.45) is 5.92 Å². The number of aliphatic hydroxyl groups excluding tert-OH is 1. The van der Waals surface area contributed by atoms with Crippen LogP contribution >= 0.6 is 0 Å². The molecule has 1 aliphatic carbocycles. The highest BCUT2D eigenvalue weighted by Gasteiger charge is 2.57. The van der Waals surface area contributed by atoms with Crippen LogP contribution in [-0.4, -0.2) is 29.7 Å². The van der Waals surface area contributed by atoms with E-state index in [2.05, 4.69) is 4.74 Å². The number of hydrogen-bond donors (Lipinski definition) is 1. The highest BCUT2D eigenvalue weighted by Crippen LogP contribution is 2.51. The summed E-state index contributed by atoms with van der Waals surface area (Å²) in [6.07, 6.45) is -1.84. The maximum atomic E-state index is 12.3. The zero-order valence-electron chi connectivity index (χ0n) is 7.30. The van der Waals surface area contributed by atoms with Gasteiger partial charge in [0.25, 0.3) is 5.92 Å². The molecular weight excluding hydrogens is 182 g/mol. The number of esters is 1. The van der Waals surface area contributed by atoms with E-state index in [1.165, 1.54) is 0 Å². The number of ether oxygens (including phenoxy) is 1. The van der Waals surface area contributed by atoms with E-state index in [0.717, 1.165) is 0 Å². The molecule has 0 saturated heterocycles. The highest BCUT2D eigenvalue weighted by molar-refractivity contribution is 5.74. The van der Waals surface area contributed by atoms with Crippen LogP contribution in [0.4, 0.5) is 8.78 Å². The Bertz CT molecular complexity index is 206. The van der Waals surface area contributed by atoms with Crippen molar-refractivity contribution in [1.82, 2.24) is 0 Å². The standard InChI is InChI=1S/C8H12F2O3/c1-2-13-7(12)6(11)3-5-4-8(5,9)10/h5-6,11H,2-4H2,1H3. The Morgan fingerprint density at radius 3 is 2.69 bits per heavy atom. The predicted octanol–water partition coefficient (Wildman–Crippen LogP) is 0.956. The highest BCUT2D eigenvalue weighted by atomic mass is 19.3. The quantitative estimate of drug-likeness (QED) is 0.678. The maximum absolute atomic E-state index is 12.3. The largest absolute Gasteiger partial charge is 0.464 e. The lowest BCUT2D eigenvalue weighted by atomic mass is 10.2. The molecule has 1 aliphatic rings. The molecule has 0 aromatic heterocycles. The molecule has 0 spiro atoms. The predicted molar refractivity (Wildman–Crippen MR) is 40.3 cm³/mol. The van der Waals surface area contributed by atoms with Gasteiger partial charge in [-0.05, 0) is 13.3 Å². The number of carbonyl (C=O) groups is 1. The third kappa shape index (κ3) is 2.62. The van der Waals surface area contributed by atoms with Crippen molar-refractivity contribution in [3.8, 4) is 0 Å². The molecule has 0 radical (unpaired) electrons. The van der Waals surface area contributed by atoms with E-state index >= 15 is 0 Å². The second-order valence-electron chi connectivity index (χ2n) is 3.17. The monoisotopic (exact) mass is 194 g/mol. The number of rotatable bonds is 4. The van der Waals surface area contributed by atoms with Crippen LogP contribution in [0.25, 0.3) is 0 Å². The topological polar surface area (TPSA) is 46.5 Å². The van der Waals surface area contributed by atoms with E-state index in [1.54, 1.807) is 6.92 Å². The Balaban J connectivity index is 2.26. The van der Waals surface area contributed by atoms with Gasteiger partial charge < -0.3 is 9.84 Å². The molecule has 76 valence electrons. The van der Waals surface area contributed by atoms with Gasteiger partial charge in [-0.15, -0.1) is 0 Å². The van der Waals surface area contributed by atoms with E-state index in [0.29, 0.717) is 0 Å². The first-order chi connectivity index (χ1) is 5.97. The lowest BCUT2D eigenvalue weighted by Gasteiger charge is -2.08. The third-order valence-electron chi connectivity index (χ3n) is 2.02. The molecule has 1 saturated carbocycles. The molecule has 1 N–H and O–H groups in total. The fraction of sp³-hybridized carbons (Fsp3) is 0.875. The normalized spacial score (nSPS) is 26.6. The smallest absolute Gasteiger partial charge is 0.334 e. The van der Waals surface area contributed by atoms with Crippen LogP contribution in [0.15, 0.2) is 0 Å². The van der Waals surface area contributed by atoms with E-state index in [4.69, 9.17) is 5.11 Å². The molecule has 2 atom stereocenters. The van der Waals surface area contributed by atoms with Crippen molar-refractivity contribution >= 4 is 5.97 Å². The zero-order valence-corrected chi connectivity index (χ0v) is 7.30. The fourth-order valence-electron chi connectivity index (χ4n) is 1.13. The summed E-state index contributed by atoms with van der Waals surface area (Å²) in [6.45, 7) is 1.74. The van der Waals surface area contributed by atoms with Crippen LogP contribution in [0.2, 0.25) is 0 Å². The maximum Gasteiger partial charge on any atom is 0.334 e. The van der Waals surface area contributed by atoms with Crippen LogP contribution in [0, 0.1) is 5.92 Å². The molecule has 1 fully saturated rings. The molecular formula is C8H12F2O3. The van der Waals surface area contributed by atoms with Crippen molar-refractivity contribution in [2.75, 3.05) is 6.61 Å². The minimum atomic E-state index is -2.69. The van der Waals surface area contributed by atoms with E-state index in [-0.39, 0.29) is 19.4 Å². The third-order valence-corrected chi connectivity index (χ3v) is 2.02. The van der Waals surface area contributed by atoms with Gasteiger partial charge in [-0.1, -0.05) is 0 Å². The molecule has 0 heterocycles. The van der Waals surface area contributed by atoms with E-state index in [1.807, 2.05) is 0 Å². The average Bonchev–Trinajstić information content (AvgIpc) is 2.59. The first-order valence-electron chi connectivity index (χ1n) is 4.20. The summed E-state index contributed by atoms with van der Waals surface area (Å²) in [7, 11) is 0.